The minimum Gasteiger partial charge on any atom is -0.381 e. The van der Waals surface area contributed by atoms with E-state index in [0.717, 1.165) is 64.6 Å². The molecule has 3 N–H and O–H groups in total. The molecule has 7 heteroatoms. The Bertz CT molecular complexity index is 741. The zero-order valence-electron chi connectivity index (χ0n) is 16.9. The van der Waals surface area contributed by atoms with Crippen molar-refractivity contribution in [2.75, 3.05) is 40.0 Å². The van der Waals surface area contributed by atoms with Crippen molar-refractivity contribution in [3.05, 3.63) is 35.5 Å². The fourth-order valence-electron chi connectivity index (χ4n) is 3.48. The first kappa shape index (κ1) is 23.0. The number of hydrogen-bond donors (Lipinski definition) is 3. The summed E-state index contributed by atoms with van der Waals surface area (Å²) in [4.78, 5) is 7.69. The highest BCUT2D eigenvalue weighted by Crippen LogP contribution is 2.21. The maximum atomic E-state index is 5.90. The van der Waals surface area contributed by atoms with Gasteiger partial charge in [-0.2, -0.15) is 0 Å². The van der Waals surface area contributed by atoms with E-state index in [2.05, 4.69) is 51.9 Å². The van der Waals surface area contributed by atoms with Crippen molar-refractivity contribution in [2.24, 2.45) is 4.99 Å². The lowest BCUT2D eigenvalue weighted by atomic mass is 10.1. The summed E-state index contributed by atoms with van der Waals surface area (Å²) in [5.41, 5.74) is 3.85. The van der Waals surface area contributed by atoms with E-state index in [1.165, 1.54) is 22.0 Å². The van der Waals surface area contributed by atoms with Crippen LogP contribution in [0.1, 0.15) is 30.4 Å². The number of halogens is 1. The number of ether oxygens (including phenoxy) is 2. The highest BCUT2D eigenvalue weighted by atomic mass is 127. The molecule has 0 aliphatic carbocycles. The molecule has 3 rings (SSSR count). The molecule has 0 spiro atoms. The van der Waals surface area contributed by atoms with E-state index in [1.54, 1.807) is 0 Å². The molecule has 1 aliphatic heterocycles. The molecule has 2 heterocycles. The van der Waals surface area contributed by atoms with Gasteiger partial charge in [-0.05, 0) is 43.7 Å². The highest BCUT2D eigenvalue weighted by Gasteiger charge is 2.13. The number of aromatic nitrogens is 1. The molecule has 1 aliphatic rings. The van der Waals surface area contributed by atoms with Crippen molar-refractivity contribution in [2.45, 2.75) is 38.7 Å². The van der Waals surface area contributed by atoms with Gasteiger partial charge in [0.2, 0.25) is 0 Å². The Kier molecular flexibility index (Phi) is 10.1. The molecule has 0 atom stereocenters. The monoisotopic (exact) mass is 500 g/mol. The first-order valence-corrected chi connectivity index (χ1v) is 9.97. The molecule has 1 saturated heterocycles. The molecule has 156 valence electrons. The molecule has 0 unspecified atom stereocenters. The van der Waals surface area contributed by atoms with Gasteiger partial charge in [0.15, 0.2) is 5.96 Å². The molecule has 0 amide bonds. The van der Waals surface area contributed by atoms with E-state index >= 15 is 0 Å². The van der Waals surface area contributed by atoms with Crippen molar-refractivity contribution in [1.29, 1.82) is 0 Å². The van der Waals surface area contributed by atoms with Gasteiger partial charge in [-0.3, -0.25) is 4.99 Å². The third-order valence-electron chi connectivity index (χ3n) is 5.06. The lowest BCUT2D eigenvalue weighted by Gasteiger charge is -2.22. The van der Waals surface area contributed by atoms with Crippen LogP contribution in [0.25, 0.3) is 10.9 Å². The van der Waals surface area contributed by atoms with Crippen LogP contribution in [0.5, 0.6) is 0 Å². The molecule has 0 saturated carbocycles. The van der Waals surface area contributed by atoms with Gasteiger partial charge in [-0.1, -0.05) is 18.2 Å². The summed E-state index contributed by atoms with van der Waals surface area (Å²) >= 11 is 0. The number of nitrogens with one attached hydrogen (secondary N) is 3. The van der Waals surface area contributed by atoms with Crippen LogP contribution in [0, 0.1) is 6.92 Å². The summed E-state index contributed by atoms with van der Waals surface area (Å²) in [5, 5.41) is 8.07. The topological polar surface area (TPSA) is 70.7 Å². The number of guanidine groups is 1. The van der Waals surface area contributed by atoms with Gasteiger partial charge in [-0.25, -0.2) is 0 Å². The Labute approximate surface area is 184 Å². The van der Waals surface area contributed by atoms with Gasteiger partial charge >= 0.3 is 0 Å². The second kappa shape index (κ2) is 12.3. The number of rotatable bonds is 8. The van der Waals surface area contributed by atoms with Crippen molar-refractivity contribution in [3.63, 3.8) is 0 Å². The number of nitrogens with zero attached hydrogens (tertiary/aromatic N) is 1. The molecule has 6 nitrogen and oxygen atoms in total. The number of benzene rings is 1. The zero-order chi connectivity index (χ0) is 18.9. The molecule has 28 heavy (non-hydrogen) atoms. The number of aromatic amines is 1. The molecular formula is C21H33IN4O2. The van der Waals surface area contributed by atoms with Crippen molar-refractivity contribution < 1.29 is 9.47 Å². The average Bonchev–Trinajstić information content (AvgIpc) is 3.11. The van der Waals surface area contributed by atoms with Gasteiger partial charge in [0.25, 0.3) is 0 Å². The van der Waals surface area contributed by atoms with Crippen molar-refractivity contribution in [1.82, 2.24) is 15.6 Å². The molecule has 0 radical (unpaired) electrons. The predicted molar refractivity (Wildman–Crippen MR) is 126 cm³/mol. The van der Waals surface area contributed by atoms with Gasteiger partial charge in [0, 0.05) is 57.1 Å². The number of aliphatic imine (C=N–C) groups is 1. The van der Waals surface area contributed by atoms with Crippen LogP contribution in [0.15, 0.2) is 29.4 Å². The Morgan fingerprint density at radius 1 is 1.25 bits per heavy atom. The Morgan fingerprint density at radius 3 is 2.82 bits per heavy atom. The highest BCUT2D eigenvalue weighted by molar-refractivity contribution is 14.0. The smallest absolute Gasteiger partial charge is 0.190 e. The van der Waals surface area contributed by atoms with Crippen LogP contribution >= 0.6 is 24.0 Å². The summed E-state index contributed by atoms with van der Waals surface area (Å²) in [5.74, 6) is 0.845. The Hall–Kier alpha value is -1.32. The molecule has 1 fully saturated rings. The van der Waals surface area contributed by atoms with Crippen molar-refractivity contribution >= 4 is 40.8 Å². The van der Waals surface area contributed by atoms with Gasteiger partial charge in [-0.15, -0.1) is 24.0 Å². The molecule has 1 aromatic heterocycles. The second-order valence-electron chi connectivity index (χ2n) is 7.02. The zero-order valence-corrected chi connectivity index (χ0v) is 19.3. The normalized spacial score (nSPS) is 15.4. The predicted octanol–water partition coefficient (Wildman–Crippen LogP) is 3.39. The van der Waals surface area contributed by atoms with E-state index in [9.17, 15) is 0 Å². The van der Waals surface area contributed by atoms with Gasteiger partial charge in [0.1, 0.15) is 0 Å². The summed E-state index contributed by atoms with van der Waals surface area (Å²) in [6.45, 7) is 6.28. The van der Waals surface area contributed by atoms with Gasteiger partial charge < -0.3 is 25.1 Å². The first-order chi connectivity index (χ1) is 13.3. The first-order valence-electron chi connectivity index (χ1n) is 9.97. The fraction of sp³-hybridized carbons (Fsp3) is 0.571. The summed E-state index contributed by atoms with van der Waals surface area (Å²) < 4.78 is 11.2. The number of hydrogen-bond acceptors (Lipinski definition) is 3. The third kappa shape index (κ3) is 6.63. The molecular weight excluding hydrogens is 467 g/mol. The van der Waals surface area contributed by atoms with E-state index in [1.807, 2.05) is 7.05 Å². The molecule has 1 aromatic carbocycles. The summed E-state index contributed by atoms with van der Waals surface area (Å²) in [6.07, 6.45) is 6.45. The lowest BCUT2D eigenvalue weighted by molar-refractivity contribution is -0.0320. The maximum absolute atomic E-state index is 5.90. The van der Waals surface area contributed by atoms with Crippen LogP contribution in [0.4, 0.5) is 0 Å². The SMILES string of the molecule is CN=C(NCCCOC1CCOCC1)NCCc1c[nH]c2c(C)cccc12.I. The van der Waals surface area contributed by atoms with Gasteiger partial charge in [0.05, 0.1) is 6.10 Å². The average molecular weight is 500 g/mol. The van der Waals surface area contributed by atoms with E-state index in [0.29, 0.717) is 6.10 Å². The number of H-pyrrole nitrogens is 1. The third-order valence-corrected chi connectivity index (χ3v) is 5.06. The number of aryl methyl sites for hydroxylation is 1. The van der Waals surface area contributed by atoms with Crippen LogP contribution in [-0.4, -0.2) is 57.0 Å². The summed E-state index contributed by atoms with van der Waals surface area (Å²) in [7, 11) is 1.81. The lowest BCUT2D eigenvalue weighted by Crippen LogP contribution is -2.39. The minimum absolute atomic E-state index is 0. The molecule has 2 aromatic rings. The van der Waals surface area contributed by atoms with Crippen LogP contribution < -0.4 is 10.6 Å². The van der Waals surface area contributed by atoms with Crippen molar-refractivity contribution in [3.8, 4) is 0 Å². The molecule has 0 bridgehead atoms. The van der Waals surface area contributed by atoms with Crippen LogP contribution in [-0.2, 0) is 15.9 Å². The second-order valence-corrected chi connectivity index (χ2v) is 7.02. The van der Waals surface area contributed by atoms with E-state index < -0.39 is 0 Å². The summed E-state index contributed by atoms with van der Waals surface area (Å²) in [6, 6.07) is 6.43. The number of fused-ring (bicyclic) bond motifs is 1. The minimum atomic E-state index is 0. The van der Waals surface area contributed by atoms with E-state index in [-0.39, 0.29) is 24.0 Å². The Morgan fingerprint density at radius 2 is 2.04 bits per heavy atom. The van der Waals surface area contributed by atoms with E-state index in [4.69, 9.17) is 9.47 Å². The number of para-hydroxylation sites is 1. The Balaban J connectivity index is 0.00000280. The maximum Gasteiger partial charge on any atom is 0.190 e. The van der Waals surface area contributed by atoms with Crippen LogP contribution in [0.2, 0.25) is 0 Å². The fourth-order valence-corrected chi connectivity index (χ4v) is 3.48. The largest absolute Gasteiger partial charge is 0.381 e. The quantitative estimate of drug-likeness (QED) is 0.225. The van der Waals surface area contributed by atoms with Crippen LogP contribution in [0.3, 0.4) is 0 Å². The standard InChI is InChI=1S/C21H32N4O2.HI/c1-16-5-3-6-19-17(15-25-20(16)19)7-11-24-21(22-2)23-10-4-12-27-18-8-13-26-14-9-18;/h3,5-6,15,18,25H,4,7-14H2,1-2H3,(H2,22,23,24);1H.